The first-order valence-corrected chi connectivity index (χ1v) is 10.0. The fourth-order valence-electron chi connectivity index (χ4n) is 3.32. The van der Waals surface area contributed by atoms with E-state index in [2.05, 4.69) is 10.2 Å². The molecule has 0 aliphatic carbocycles. The van der Waals surface area contributed by atoms with Crippen LogP contribution in [0.25, 0.3) is 0 Å². The molecule has 0 unspecified atom stereocenters. The quantitative estimate of drug-likeness (QED) is 0.780. The topological polar surface area (TPSA) is 61.9 Å². The summed E-state index contributed by atoms with van der Waals surface area (Å²) in [7, 11) is 0. The maximum absolute atomic E-state index is 12.5. The number of benzene rings is 2. The van der Waals surface area contributed by atoms with Gasteiger partial charge in [0.05, 0.1) is 6.54 Å². The van der Waals surface area contributed by atoms with E-state index in [1.54, 1.807) is 0 Å². The minimum atomic E-state index is -0.0147. The Bertz CT molecular complexity index is 831. The summed E-state index contributed by atoms with van der Waals surface area (Å²) in [4.78, 5) is 28.5. The minimum absolute atomic E-state index is 0.00638. The Balaban J connectivity index is 1.37. The Labute approximate surface area is 172 Å². The molecule has 0 aromatic heterocycles. The Kier molecular flexibility index (Phi) is 7.25. The minimum Gasteiger partial charge on any atom is -0.483 e. The number of carbonyl (C=O) groups excluding carboxylic acids is 2. The van der Waals surface area contributed by atoms with E-state index in [1.807, 2.05) is 67.3 Å². The van der Waals surface area contributed by atoms with Crippen LogP contribution in [0.1, 0.15) is 16.7 Å². The van der Waals surface area contributed by atoms with Gasteiger partial charge in [0.15, 0.2) is 6.61 Å². The zero-order chi connectivity index (χ0) is 20.6. The van der Waals surface area contributed by atoms with Crippen molar-refractivity contribution in [3.63, 3.8) is 0 Å². The molecular weight excluding hydrogens is 366 g/mol. The van der Waals surface area contributed by atoms with Crippen LogP contribution in [0.4, 0.5) is 0 Å². The smallest absolute Gasteiger partial charge is 0.260 e. The average molecular weight is 396 g/mol. The van der Waals surface area contributed by atoms with Crippen molar-refractivity contribution < 1.29 is 14.3 Å². The summed E-state index contributed by atoms with van der Waals surface area (Å²) in [5.41, 5.74) is 3.29. The molecule has 0 atom stereocenters. The van der Waals surface area contributed by atoms with Gasteiger partial charge in [0.1, 0.15) is 5.75 Å². The highest BCUT2D eigenvalue weighted by Gasteiger charge is 2.22. The Hall–Kier alpha value is -2.86. The first kappa shape index (κ1) is 20.9. The molecule has 1 aliphatic heterocycles. The Morgan fingerprint density at radius 2 is 1.69 bits per heavy atom. The van der Waals surface area contributed by atoms with Crippen LogP contribution in [0.3, 0.4) is 0 Å². The van der Waals surface area contributed by atoms with Gasteiger partial charge >= 0.3 is 0 Å². The van der Waals surface area contributed by atoms with Crippen molar-refractivity contribution in [2.45, 2.75) is 20.4 Å². The molecule has 6 heteroatoms. The maximum atomic E-state index is 12.5. The van der Waals surface area contributed by atoms with Crippen molar-refractivity contribution in [1.29, 1.82) is 0 Å². The molecule has 3 rings (SSSR count). The van der Waals surface area contributed by atoms with Gasteiger partial charge in [-0.05, 0) is 36.6 Å². The molecule has 0 radical (unpaired) electrons. The number of aryl methyl sites for hydroxylation is 1. The largest absolute Gasteiger partial charge is 0.483 e. The van der Waals surface area contributed by atoms with E-state index in [0.29, 0.717) is 39.3 Å². The molecule has 154 valence electrons. The van der Waals surface area contributed by atoms with Gasteiger partial charge in [-0.25, -0.2) is 0 Å². The van der Waals surface area contributed by atoms with Crippen molar-refractivity contribution >= 4 is 11.8 Å². The second-order valence-corrected chi connectivity index (χ2v) is 7.41. The number of hydrogen-bond donors (Lipinski definition) is 1. The molecule has 1 saturated heterocycles. The van der Waals surface area contributed by atoms with Gasteiger partial charge in [-0.2, -0.15) is 0 Å². The normalized spacial score (nSPS) is 14.5. The number of piperazine rings is 1. The molecule has 0 saturated carbocycles. The molecule has 29 heavy (non-hydrogen) atoms. The third-order valence-corrected chi connectivity index (χ3v) is 5.33. The average Bonchev–Trinajstić information content (AvgIpc) is 2.74. The summed E-state index contributed by atoms with van der Waals surface area (Å²) in [6.45, 7) is 7.56. The summed E-state index contributed by atoms with van der Waals surface area (Å²) in [5.74, 6) is 0.748. The van der Waals surface area contributed by atoms with Gasteiger partial charge in [0, 0.05) is 32.7 Å². The van der Waals surface area contributed by atoms with Crippen LogP contribution >= 0.6 is 0 Å². The first-order valence-electron chi connectivity index (χ1n) is 10.0. The summed E-state index contributed by atoms with van der Waals surface area (Å²) in [6.07, 6.45) is 0. The van der Waals surface area contributed by atoms with E-state index in [-0.39, 0.29) is 18.4 Å². The van der Waals surface area contributed by atoms with Crippen LogP contribution in [0.2, 0.25) is 0 Å². The van der Waals surface area contributed by atoms with Crippen LogP contribution < -0.4 is 10.1 Å². The molecule has 1 heterocycles. The van der Waals surface area contributed by atoms with E-state index in [4.69, 9.17) is 4.74 Å². The van der Waals surface area contributed by atoms with Crippen molar-refractivity contribution in [3.8, 4) is 5.75 Å². The van der Waals surface area contributed by atoms with Crippen LogP contribution in [0.15, 0.2) is 48.5 Å². The fourth-order valence-corrected chi connectivity index (χ4v) is 3.32. The van der Waals surface area contributed by atoms with E-state index in [9.17, 15) is 9.59 Å². The van der Waals surface area contributed by atoms with Gasteiger partial charge < -0.3 is 15.0 Å². The second kappa shape index (κ2) is 10.1. The monoisotopic (exact) mass is 395 g/mol. The van der Waals surface area contributed by atoms with Gasteiger partial charge in [-0.15, -0.1) is 0 Å². The molecule has 1 aliphatic rings. The van der Waals surface area contributed by atoms with Crippen LogP contribution in [-0.4, -0.2) is 60.9 Å². The fraction of sp³-hybridized carbons (Fsp3) is 0.391. The lowest BCUT2D eigenvalue weighted by Crippen LogP contribution is -2.52. The zero-order valence-electron chi connectivity index (χ0n) is 17.2. The molecule has 0 spiro atoms. The van der Waals surface area contributed by atoms with E-state index in [1.165, 1.54) is 0 Å². The molecule has 6 nitrogen and oxygen atoms in total. The van der Waals surface area contributed by atoms with Gasteiger partial charge in [-0.1, -0.05) is 42.5 Å². The summed E-state index contributed by atoms with van der Waals surface area (Å²) < 4.78 is 5.73. The van der Waals surface area contributed by atoms with Crippen LogP contribution in [0.5, 0.6) is 5.75 Å². The van der Waals surface area contributed by atoms with Crippen molar-refractivity contribution in [3.05, 3.63) is 65.2 Å². The van der Waals surface area contributed by atoms with E-state index in [0.717, 1.165) is 22.4 Å². The lowest BCUT2D eigenvalue weighted by molar-refractivity contribution is -0.135. The zero-order valence-corrected chi connectivity index (χ0v) is 17.2. The van der Waals surface area contributed by atoms with Crippen molar-refractivity contribution in [1.82, 2.24) is 15.1 Å². The third kappa shape index (κ3) is 6.06. The number of rotatable bonds is 7. The van der Waals surface area contributed by atoms with Crippen molar-refractivity contribution in [2.75, 3.05) is 39.3 Å². The lowest BCUT2D eigenvalue weighted by Gasteiger charge is -2.34. The van der Waals surface area contributed by atoms with Gasteiger partial charge in [0.2, 0.25) is 5.91 Å². The Morgan fingerprint density at radius 3 is 2.41 bits per heavy atom. The number of amides is 2. The Morgan fingerprint density at radius 1 is 0.966 bits per heavy atom. The summed E-state index contributed by atoms with van der Waals surface area (Å²) in [5, 5.41) is 2.95. The van der Waals surface area contributed by atoms with E-state index < -0.39 is 0 Å². The standard InChI is InChI=1S/C23H29N3O3/c1-18-7-6-10-21(19(18)2)29-17-23(28)26-13-11-25(12-14-26)16-22(27)24-15-20-8-4-3-5-9-20/h3-10H,11-17H2,1-2H3,(H,24,27). The first-order chi connectivity index (χ1) is 14.0. The van der Waals surface area contributed by atoms with Crippen LogP contribution in [0, 0.1) is 13.8 Å². The highest BCUT2D eigenvalue weighted by Crippen LogP contribution is 2.20. The predicted molar refractivity (Wildman–Crippen MR) is 113 cm³/mol. The molecule has 2 aromatic carbocycles. The predicted octanol–water partition coefficient (Wildman–Crippen LogP) is 2.14. The third-order valence-electron chi connectivity index (χ3n) is 5.33. The number of nitrogens with zero attached hydrogens (tertiary/aromatic N) is 2. The highest BCUT2D eigenvalue weighted by molar-refractivity contribution is 5.79. The number of hydrogen-bond acceptors (Lipinski definition) is 4. The molecule has 2 aromatic rings. The number of carbonyl (C=O) groups is 2. The molecule has 1 N–H and O–H groups in total. The second-order valence-electron chi connectivity index (χ2n) is 7.41. The van der Waals surface area contributed by atoms with Gasteiger partial charge in [0.25, 0.3) is 5.91 Å². The van der Waals surface area contributed by atoms with Crippen LogP contribution in [-0.2, 0) is 16.1 Å². The maximum Gasteiger partial charge on any atom is 0.260 e. The SMILES string of the molecule is Cc1cccc(OCC(=O)N2CCN(CC(=O)NCc3ccccc3)CC2)c1C. The number of nitrogens with one attached hydrogen (secondary N) is 1. The summed E-state index contributed by atoms with van der Waals surface area (Å²) in [6, 6.07) is 15.7. The van der Waals surface area contributed by atoms with E-state index >= 15 is 0 Å². The molecular formula is C23H29N3O3. The molecule has 0 bridgehead atoms. The highest BCUT2D eigenvalue weighted by atomic mass is 16.5. The number of ether oxygens (including phenoxy) is 1. The van der Waals surface area contributed by atoms with Gasteiger partial charge in [-0.3, -0.25) is 14.5 Å². The molecule has 2 amide bonds. The lowest BCUT2D eigenvalue weighted by atomic mass is 10.1. The van der Waals surface area contributed by atoms with Crippen molar-refractivity contribution in [2.24, 2.45) is 0 Å². The molecule has 1 fully saturated rings. The summed E-state index contributed by atoms with van der Waals surface area (Å²) >= 11 is 0.